The Morgan fingerprint density at radius 2 is 2.27 bits per heavy atom. The molecule has 1 rings (SSSR count). The van der Waals surface area contributed by atoms with E-state index in [1.165, 1.54) is 6.42 Å². The maximum absolute atomic E-state index is 8.88. The van der Waals surface area contributed by atoms with Gasteiger partial charge in [-0.1, -0.05) is 6.92 Å². The second kappa shape index (κ2) is 7.20. The van der Waals surface area contributed by atoms with E-state index in [0.717, 1.165) is 32.6 Å². The highest BCUT2D eigenvalue weighted by atomic mass is 16.5. The first kappa shape index (κ1) is 12.9. The molecular formula is C12H25NO2. The first-order valence-corrected chi connectivity index (χ1v) is 6.16. The van der Waals surface area contributed by atoms with Crippen LogP contribution in [0, 0.1) is 11.8 Å². The number of aliphatic hydroxyl groups is 1. The monoisotopic (exact) mass is 215 g/mol. The van der Waals surface area contributed by atoms with E-state index in [1.807, 2.05) is 0 Å². The molecule has 3 atom stereocenters. The predicted octanol–water partition coefficient (Wildman–Crippen LogP) is 1.41. The summed E-state index contributed by atoms with van der Waals surface area (Å²) in [6.07, 6.45) is 3.46. The minimum absolute atomic E-state index is 0.312. The summed E-state index contributed by atoms with van der Waals surface area (Å²) in [6, 6.07) is 0.567. The highest BCUT2D eigenvalue weighted by Gasteiger charge is 2.21. The summed E-state index contributed by atoms with van der Waals surface area (Å²) in [7, 11) is 0. The highest BCUT2D eigenvalue weighted by Crippen LogP contribution is 2.16. The van der Waals surface area contributed by atoms with Crippen molar-refractivity contribution in [1.29, 1.82) is 0 Å². The van der Waals surface area contributed by atoms with Crippen LogP contribution in [0.25, 0.3) is 0 Å². The van der Waals surface area contributed by atoms with Crippen molar-refractivity contribution in [2.24, 2.45) is 11.8 Å². The van der Waals surface area contributed by atoms with Crippen LogP contribution in [-0.4, -0.2) is 37.5 Å². The van der Waals surface area contributed by atoms with Crippen molar-refractivity contribution in [3.8, 4) is 0 Å². The van der Waals surface area contributed by atoms with Crippen LogP contribution in [-0.2, 0) is 4.74 Å². The molecule has 0 amide bonds. The van der Waals surface area contributed by atoms with Gasteiger partial charge in [0.25, 0.3) is 0 Å². The average molecular weight is 215 g/mol. The van der Waals surface area contributed by atoms with Gasteiger partial charge in [0.2, 0.25) is 0 Å². The van der Waals surface area contributed by atoms with Crippen LogP contribution in [0.1, 0.15) is 33.1 Å². The number of hydrogen-bond donors (Lipinski definition) is 2. The van der Waals surface area contributed by atoms with Gasteiger partial charge in [-0.05, 0) is 44.6 Å². The second-order valence-corrected chi connectivity index (χ2v) is 4.80. The SMILES string of the molecule is CC(CO)CCCNC(C)C1CCOC1. The maximum Gasteiger partial charge on any atom is 0.0509 e. The van der Waals surface area contributed by atoms with Crippen molar-refractivity contribution < 1.29 is 9.84 Å². The third-order valence-electron chi connectivity index (χ3n) is 3.32. The first-order chi connectivity index (χ1) is 7.24. The molecule has 1 aliphatic heterocycles. The molecule has 0 spiro atoms. The normalized spacial score (nSPS) is 25.4. The third-order valence-corrected chi connectivity index (χ3v) is 3.32. The van der Waals surface area contributed by atoms with Crippen molar-refractivity contribution in [3.05, 3.63) is 0 Å². The molecule has 1 saturated heterocycles. The number of ether oxygens (including phenoxy) is 1. The molecule has 1 heterocycles. The van der Waals surface area contributed by atoms with Crippen LogP contribution in [0.15, 0.2) is 0 Å². The number of aliphatic hydroxyl groups excluding tert-OH is 1. The van der Waals surface area contributed by atoms with Crippen LogP contribution in [0.2, 0.25) is 0 Å². The molecule has 3 unspecified atom stereocenters. The summed E-state index contributed by atoms with van der Waals surface area (Å²) >= 11 is 0. The van der Waals surface area contributed by atoms with Crippen molar-refractivity contribution in [2.45, 2.75) is 39.2 Å². The standard InChI is InChI=1S/C12H25NO2/c1-10(8-14)4-3-6-13-11(2)12-5-7-15-9-12/h10-14H,3-9H2,1-2H3. The van der Waals surface area contributed by atoms with Gasteiger partial charge in [0, 0.05) is 19.3 Å². The van der Waals surface area contributed by atoms with E-state index in [0.29, 0.717) is 24.5 Å². The minimum Gasteiger partial charge on any atom is -0.396 e. The van der Waals surface area contributed by atoms with Gasteiger partial charge in [0.05, 0.1) is 6.61 Å². The Kier molecular flexibility index (Phi) is 6.22. The van der Waals surface area contributed by atoms with Gasteiger partial charge >= 0.3 is 0 Å². The number of rotatable bonds is 7. The van der Waals surface area contributed by atoms with Crippen molar-refractivity contribution in [3.63, 3.8) is 0 Å². The molecule has 0 aliphatic carbocycles. The van der Waals surface area contributed by atoms with Gasteiger partial charge in [-0.25, -0.2) is 0 Å². The van der Waals surface area contributed by atoms with Crippen LogP contribution < -0.4 is 5.32 Å². The molecule has 0 aromatic carbocycles. The van der Waals surface area contributed by atoms with Crippen molar-refractivity contribution in [1.82, 2.24) is 5.32 Å². The lowest BCUT2D eigenvalue weighted by Gasteiger charge is -2.19. The molecule has 15 heavy (non-hydrogen) atoms. The Hall–Kier alpha value is -0.120. The lowest BCUT2D eigenvalue weighted by atomic mass is 10.0. The first-order valence-electron chi connectivity index (χ1n) is 6.16. The number of nitrogens with one attached hydrogen (secondary N) is 1. The van der Waals surface area contributed by atoms with Gasteiger partial charge in [0.15, 0.2) is 0 Å². The Labute approximate surface area is 93.2 Å². The average Bonchev–Trinajstić information content (AvgIpc) is 2.77. The fourth-order valence-electron chi connectivity index (χ4n) is 1.99. The quantitative estimate of drug-likeness (QED) is 0.631. The van der Waals surface area contributed by atoms with Gasteiger partial charge in [-0.3, -0.25) is 0 Å². The van der Waals surface area contributed by atoms with Crippen LogP contribution >= 0.6 is 0 Å². The summed E-state index contributed by atoms with van der Waals surface area (Å²) < 4.78 is 5.37. The summed E-state index contributed by atoms with van der Waals surface area (Å²) in [5.41, 5.74) is 0. The second-order valence-electron chi connectivity index (χ2n) is 4.80. The van der Waals surface area contributed by atoms with E-state index < -0.39 is 0 Å². The smallest absolute Gasteiger partial charge is 0.0509 e. The number of hydrogen-bond acceptors (Lipinski definition) is 3. The molecule has 3 heteroatoms. The lowest BCUT2D eigenvalue weighted by molar-refractivity contribution is 0.178. The molecule has 0 saturated carbocycles. The largest absolute Gasteiger partial charge is 0.396 e. The Morgan fingerprint density at radius 3 is 2.87 bits per heavy atom. The van der Waals surface area contributed by atoms with Gasteiger partial charge in [-0.15, -0.1) is 0 Å². The fourth-order valence-corrected chi connectivity index (χ4v) is 1.99. The molecule has 2 N–H and O–H groups in total. The van der Waals surface area contributed by atoms with Crippen molar-refractivity contribution >= 4 is 0 Å². The summed E-state index contributed by atoms with van der Waals surface area (Å²) in [6.45, 7) is 7.55. The topological polar surface area (TPSA) is 41.5 Å². The molecule has 0 aromatic heterocycles. The zero-order chi connectivity index (χ0) is 11.1. The van der Waals surface area contributed by atoms with E-state index in [-0.39, 0.29) is 0 Å². The fraction of sp³-hybridized carbons (Fsp3) is 1.00. The van der Waals surface area contributed by atoms with Gasteiger partial charge in [0.1, 0.15) is 0 Å². The Bertz CT molecular complexity index is 158. The summed E-state index contributed by atoms with van der Waals surface area (Å²) in [5.74, 6) is 1.14. The molecule has 0 aromatic rings. The molecule has 1 aliphatic rings. The predicted molar refractivity (Wildman–Crippen MR) is 61.9 cm³/mol. The maximum atomic E-state index is 8.88. The van der Waals surface area contributed by atoms with E-state index in [2.05, 4.69) is 19.2 Å². The molecule has 90 valence electrons. The van der Waals surface area contributed by atoms with Gasteiger partial charge in [-0.2, -0.15) is 0 Å². The molecule has 0 radical (unpaired) electrons. The van der Waals surface area contributed by atoms with Crippen LogP contribution in [0.5, 0.6) is 0 Å². The van der Waals surface area contributed by atoms with Crippen LogP contribution in [0.3, 0.4) is 0 Å². The van der Waals surface area contributed by atoms with Gasteiger partial charge < -0.3 is 15.2 Å². The lowest BCUT2D eigenvalue weighted by Crippen LogP contribution is -2.34. The van der Waals surface area contributed by atoms with Crippen LogP contribution in [0.4, 0.5) is 0 Å². The zero-order valence-electron chi connectivity index (χ0n) is 10.0. The van der Waals surface area contributed by atoms with E-state index in [4.69, 9.17) is 9.84 Å². The summed E-state index contributed by atoms with van der Waals surface area (Å²) in [4.78, 5) is 0. The van der Waals surface area contributed by atoms with E-state index >= 15 is 0 Å². The molecule has 3 nitrogen and oxygen atoms in total. The Balaban J connectivity index is 1.99. The third kappa shape index (κ3) is 4.96. The molecule has 1 fully saturated rings. The van der Waals surface area contributed by atoms with Crippen molar-refractivity contribution in [2.75, 3.05) is 26.4 Å². The Morgan fingerprint density at radius 1 is 1.47 bits per heavy atom. The summed E-state index contributed by atoms with van der Waals surface area (Å²) in [5, 5.41) is 12.4. The molecule has 0 bridgehead atoms. The molecular weight excluding hydrogens is 190 g/mol. The zero-order valence-corrected chi connectivity index (χ0v) is 10.0. The van der Waals surface area contributed by atoms with E-state index in [9.17, 15) is 0 Å². The van der Waals surface area contributed by atoms with E-state index in [1.54, 1.807) is 0 Å². The minimum atomic E-state index is 0.312. The highest BCUT2D eigenvalue weighted by molar-refractivity contribution is 4.75.